The summed E-state index contributed by atoms with van der Waals surface area (Å²) < 4.78 is 65.5. The minimum atomic E-state index is -0.281. The van der Waals surface area contributed by atoms with Crippen LogP contribution in [0.25, 0.3) is 0 Å². The molecule has 1 aliphatic rings. The molecule has 16 heteroatoms. The first kappa shape index (κ1) is 50.5. The van der Waals surface area contributed by atoms with E-state index in [0.717, 1.165) is 12.8 Å². The normalized spacial score (nSPS) is 12.5. The van der Waals surface area contributed by atoms with Crippen LogP contribution >= 0.6 is 0 Å². The minimum Gasteiger partial charge on any atom is -0.463 e. The zero-order chi connectivity index (χ0) is 40.7. The summed E-state index contributed by atoms with van der Waals surface area (Å²) in [5.41, 5.74) is 0.878. The number of carbonyl (C=O) groups excluding carboxylic acids is 3. The number of nitrogens with zero attached hydrogens (tertiary/aromatic N) is 1. The highest BCUT2D eigenvalue weighted by molar-refractivity contribution is 6.21. The monoisotopic (exact) mass is 815 g/mol. The molecule has 0 bridgehead atoms. The molecule has 0 spiro atoms. The van der Waals surface area contributed by atoms with Crippen molar-refractivity contribution >= 4 is 17.8 Å². The predicted molar refractivity (Wildman–Crippen MR) is 210 cm³/mol. The van der Waals surface area contributed by atoms with E-state index < -0.39 is 0 Å². The summed E-state index contributed by atoms with van der Waals surface area (Å²) in [7, 11) is 0. The Bertz CT molecular complexity index is 1090. The van der Waals surface area contributed by atoms with Crippen molar-refractivity contribution in [2.24, 2.45) is 0 Å². The van der Waals surface area contributed by atoms with Gasteiger partial charge in [-0.2, -0.15) is 0 Å². The van der Waals surface area contributed by atoms with Crippen LogP contribution in [0.2, 0.25) is 0 Å². The average molecular weight is 816 g/mol. The number of rotatable bonds is 43. The number of hydrogen-bond donors (Lipinski definition) is 0. The summed E-state index contributed by atoms with van der Waals surface area (Å²) in [5, 5.41) is 0. The number of imide groups is 1. The zero-order valence-corrected chi connectivity index (χ0v) is 34.3. The van der Waals surface area contributed by atoms with Gasteiger partial charge in [0, 0.05) is 6.42 Å². The van der Waals surface area contributed by atoms with Crippen LogP contribution < -0.4 is 0 Å². The molecule has 2 amide bonds. The van der Waals surface area contributed by atoms with Gasteiger partial charge in [-0.25, -0.2) is 0 Å². The maximum Gasteiger partial charge on any atom is 0.305 e. The van der Waals surface area contributed by atoms with Crippen LogP contribution in [0, 0.1) is 0 Å². The summed E-state index contributed by atoms with van der Waals surface area (Å²) >= 11 is 0. The first-order chi connectivity index (χ1) is 28.1. The predicted octanol–water partition coefficient (Wildman–Crippen LogP) is 3.76. The lowest BCUT2D eigenvalue weighted by Gasteiger charge is -2.13. The summed E-state index contributed by atoms with van der Waals surface area (Å²) in [6.07, 6.45) is 7.38. The molecule has 0 aromatic heterocycles. The number of unbranched alkanes of at least 4 members (excludes halogenated alkanes) is 5. The molecule has 0 fully saturated rings. The zero-order valence-electron chi connectivity index (χ0n) is 34.3. The lowest BCUT2D eigenvalue weighted by Crippen LogP contribution is -2.33. The van der Waals surface area contributed by atoms with Crippen LogP contribution in [-0.4, -0.2) is 181 Å². The number of benzene rings is 1. The molecule has 0 saturated heterocycles. The molecule has 0 N–H and O–H groups in total. The van der Waals surface area contributed by atoms with Gasteiger partial charge in [0.2, 0.25) is 0 Å². The van der Waals surface area contributed by atoms with Crippen molar-refractivity contribution in [1.29, 1.82) is 0 Å². The molecule has 1 aromatic carbocycles. The quantitative estimate of drug-likeness (QED) is 0.0531. The molecular formula is C41H69NO15. The van der Waals surface area contributed by atoms with Crippen LogP contribution in [-0.2, 0) is 61.6 Å². The lowest BCUT2D eigenvalue weighted by molar-refractivity contribution is -0.145. The third-order valence-electron chi connectivity index (χ3n) is 8.28. The molecule has 0 atom stereocenters. The number of hydrogen-bond acceptors (Lipinski definition) is 15. The van der Waals surface area contributed by atoms with E-state index in [1.54, 1.807) is 24.3 Å². The molecule has 57 heavy (non-hydrogen) atoms. The fourth-order valence-corrected chi connectivity index (χ4v) is 5.24. The highest BCUT2D eigenvalue weighted by Gasteiger charge is 2.34. The number of fused-ring (bicyclic) bond motifs is 1. The van der Waals surface area contributed by atoms with Crippen LogP contribution in [0.5, 0.6) is 0 Å². The van der Waals surface area contributed by atoms with E-state index >= 15 is 0 Å². The van der Waals surface area contributed by atoms with Crippen molar-refractivity contribution in [2.75, 3.05) is 159 Å². The van der Waals surface area contributed by atoms with Crippen LogP contribution in [0.15, 0.2) is 24.3 Å². The smallest absolute Gasteiger partial charge is 0.305 e. The van der Waals surface area contributed by atoms with E-state index in [-0.39, 0.29) is 37.5 Å². The molecule has 328 valence electrons. The number of carbonyl (C=O) groups is 3. The van der Waals surface area contributed by atoms with Crippen LogP contribution in [0.3, 0.4) is 0 Å². The second-order valence-electron chi connectivity index (χ2n) is 12.8. The Kier molecular flexibility index (Phi) is 33.4. The largest absolute Gasteiger partial charge is 0.463 e. The fraction of sp³-hybridized carbons (Fsp3) is 0.780. The standard InChI is InChI=1S/C41H69NO15/c1-2-3-4-5-6-7-12-39(43)57-36-35-56-34-33-55-32-31-54-30-29-53-28-27-52-26-25-51-24-23-50-22-21-49-20-19-48-18-17-47-16-15-46-14-13-42-40(44)37-10-8-9-11-38(37)41(42)45/h8-11H,2-7,12-36H2,1H3. The Morgan fingerprint density at radius 3 is 1.07 bits per heavy atom. The maximum atomic E-state index is 12.3. The highest BCUT2D eigenvalue weighted by Crippen LogP contribution is 2.21. The third-order valence-corrected chi connectivity index (χ3v) is 8.28. The molecule has 16 nitrogen and oxygen atoms in total. The Labute approximate surface area is 339 Å². The van der Waals surface area contributed by atoms with Gasteiger partial charge in [-0.15, -0.1) is 0 Å². The molecule has 1 heterocycles. The number of esters is 1. The average Bonchev–Trinajstić information content (AvgIpc) is 3.46. The van der Waals surface area contributed by atoms with Gasteiger partial charge in [-0.3, -0.25) is 19.3 Å². The van der Waals surface area contributed by atoms with E-state index in [1.165, 1.54) is 30.6 Å². The summed E-state index contributed by atoms with van der Waals surface area (Å²) in [4.78, 5) is 37.5. The Morgan fingerprint density at radius 2 is 0.719 bits per heavy atom. The Hall–Kier alpha value is -2.61. The number of ether oxygens (including phenoxy) is 12. The summed E-state index contributed by atoms with van der Waals surface area (Å²) in [5.74, 6) is -0.712. The van der Waals surface area contributed by atoms with Gasteiger partial charge in [-0.05, 0) is 18.6 Å². The van der Waals surface area contributed by atoms with E-state index in [4.69, 9.17) is 56.8 Å². The van der Waals surface area contributed by atoms with Gasteiger partial charge >= 0.3 is 5.97 Å². The SMILES string of the molecule is CCCCCCCCC(=O)OCCOCCOCCOCCOCCOCCOCCOCCOCCOCCOCCOCCN1C(=O)c2ccccc2C1=O. The highest BCUT2D eigenvalue weighted by atomic mass is 16.6. The summed E-state index contributed by atoms with van der Waals surface area (Å²) in [6, 6.07) is 6.81. The van der Waals surface area contributed by atoms with Crippen LogP contribution in [0.4, 0.5) is 0 Å². The van der Waals surface area contributed by atoms with E-state index in [9.17, 15) is 14.4 Å². The second-order valence-corrected chi connectivity index (χ2v) is 12.8. The third kappa shape index (κ3) is 27.7. The van der Waals surface area contributed by atoms with Gasteiger partial charge in [0.15, 0.2) is 0 Å². The number of amides is 2. The van der Waals surface area contributed by atoms with Crippen molar-refractivity contribution < 1.29 is 71.2 Å². The molecule has 2 rings (SSSR count). The van der Waals surface area contributed by atoms with E-state index in [1.807, 2.05) is 0 Å². The van der Waals surface area contributed by atoms with Crippen LogP contribution in [0.1, 0.15) is 72.6 Å². The van der Waals surface area contributed by atoms with E-state index in [0.29, 0.717) is 156 Å². The van der Waals surface area contributed by atoms with Crippen molar-refractivity contribution in [3.8, 4) is 0 Å². The first-order valence-corrected chi connectivity index (χ1v) is 20.6. The topological polar surface area (TPSA) is 165 Å². The van der Waals surface area contributed by atoms with Gasteiger partial charge in [0.25, 0.3) is 11.8 Å². The van der Waals surface area contributed by atoms with Gasteiger partial charge in [0.05, 0.1) is 163 Å². The Morgan fingerprint density at radius 1 is 0.421 bits per heavy atom. The fourth-order valence-electron chi connectivity index (χ4n) is 5.24. The minimum absolute atomic E-state index is 0.150. The van der Waals surface area contributed by atoms with Gasteiger partial charge in [-0.1, -0.05) is 51.2 Å². The van der Waals surface area contributed by atoms with Gasteiger partial charge in [0.1, 0.15) is 6.61 Å². The molecule has 1 aromatic rings. The van der Waals surface area contributed by atoms with Crippen molar-refractivity contribution in [2.45, 2.75) is 51.9 Å². The second kappa shape index (κ2) is 37.6. The maximum absolute atomic E-state index is 12.3. The van der Waals surface area contributed by atoms with Gasteiger partial charge < -0.3 is 56.8 Å². The lowest BCUT2D eigenvalue weighted by atomic mass is 10.1. The molecule has 0 radical (unpaired) electrons. The van der Waals surface area contributed by atoms with Crippen molar-refractivity contribution in [1.82, 2.24) is 4.90 Å². The first-order valence-electron chi connectivity index (χ1n) is 20.6. The van der Waals surface area contributed by atoms with Crippen molar-refractivity contribution in [3.05, 3.63) is 35.4 Å². The van der Waals surface area contributed by atoms with E-state index in [2.05, 4.69) is 6.92 Å². The Balaban J connectivity index is 1.15. The molecule has 0 unspecified atom stereocenters. The molecule has 0 saturated carbocycles. The molecule has 0 aliphatic carbocycles. The molecular weight excluding hydrogens is 746 g/mol. The molecule has 1 aliphatic heterocycles. The van der Waals surface area contributed by atoms with Crippen molar-refractivity contribution in [3.63, 3.8) is 0 Å². The summed E-state index contributed by atoms with van der Waals surface area (Å²) in [6.45, 7) is 12.5.